The molecule has 4 heteroatoms. The first kappa shape index (κ1) is 6.88. The van der Waals surface area contributed by atoms with Crippen LogP contribution in [0.3, 0.4) is 0 Å². The summed E-state index contributed by atoms with van der Waals surface area (Å²) in [5, 5.41) is 16.9. The van der Waals surface area contributed by atoms with Crippen molar-refractivity contribution in [2.75, 3.05) is 13.1 Å². The Balaban J connectivity index is 0.000000360. The van der Waals surface area contributed by atoms with Gasteiger partial charge in [0.2, 0.25) is 0 Å². The summed E-state index contributed by atoms with van der Waals surface area (Å²) in [5.41, 5.74) is 0.583. The molecule has 0 spiro atoms. The average Bonchev–Trinajstić information content (AvgIpc) is 1.33. The van der Waals surface area contributed by atoms with Gasteiger partial charge < -0.3 is 22.7 Å². The van der Waals surface area contributed by atoms with Gasteiger partial charge in [0.05, 0.1) is 0 Å². The van der Waals surface area contributed by atoms with Gasteiger partial charge in [-0.15, -0.1) is 0 Å². The van der Waals surface area contributed by atoms with E-state index in [4.69, 9.17) is 5.41 Å². The van der Waals surface area contributed by atoms with E-state index in [1.165, 1.54) is 0 Å². The van der Waals surface area contributed by atoms with Gasteiger partial charge in [-0.2, -0.15) is 0 Å². The van der Waals surface area contributed by atoms with Crippen LogP contribution in [0.25, 0.3) is 0 Å². The first-order chi connectivity index (χ1) is 2.79. The highest BCUT2D eigenvalue weighted by Crippen LogP contribution is 1.68. The Morgan fingerprint density at radius 3 is 2.00 bits per heavy atom. The Labute approximate surface area is 47.8 Å². The van der Waals surface area contributed by atoms with Crippen LogP contribution in [0.1, 0.15) is 0 Å². The van der Waals surface area contributed by atoms with Crippen molar-refractivity contribution in [3.8, 4) is 0 Å². The van der Waals surface area contributed by atoms with Crippen LogP contribution >= 0.6 is 0 Å². The number of halogens is 1. The van der Waals surface area contributed by atoms with Crippen molar-refractivity contribution in [1.82, 2.24) is 0 Å². The van der Waals surface area contributed by atoms with E-state index in [0.29, 0.717) is 18.8 Å². The minimum Gasteiger partial charge on any atom is -1.00 e. The highest BCUT2D eigenvalue weighted by molar-refractivity contribution is 5.86. The normalized spacial score (nSPS) is 28.1. The van der Waals surface area contributed by atoms with E-state index < -0.39 is 0 Å². The molecule has 1 aliphatic rings. The van der Waals surface area contributed by atoms with Crippen molar-refractivity contribution in [2.24, 2.45) is 0 Å². The molecule has 3 nitrogen and oxygen atoms in total. The van der Waals surface area contributed by atoms with Gasteiger partial charge in [-0.3, -0.25) is 5.41 Å². The first-order valence-corrected chi connectivity index (χ1v) is 1.87. The Morgan fingerprint density at radius 2 is 2.00 bits per heavy atom. The molecule has 1 heterocycles. The minimum atomic E-state index is 0. The third kappa shape index (κ3) is 1.43. The van der Waals surface area contributed by atoms with Crippen LogP contribution in [0.4, 0.5) is 0 Å². The maximum Gasteiger partial charge on any atom is 0.121 e. The maximum absolute atomic E-state index is 9.97. The van der Waals surface area contributed by atoms with Gasteiger partial charge >= 0.3 is 0 Å². The highest BCUT2D eigenvalue weighted by Gasteiger charge is 2.15. The topological polar surface area (TPSA) is 51.4 Å². The van der Waals surface area contributed by atoms with Crippen molar-refractivity contribution in [3.63, 3.8) is 0 Å². The minimum absolute atomic E-state index is 0. The van der Waals surface area contributed by atoms with E-state index in [9.17, 15) is 5.21 Å². The molecule has 2 N–H and O–H groups in total. The van der Waals surface area contributed by atoms with Gasteiger partial charge in [-0.25, -0.2) is 0 Å². The molecular formula is C3H6ClN2O-. The molecule has 0 atom stereocenters. The first-order valence-electron chi connectivity index (χ1n) is 1.87. The number of hydrogen-bond donors (Lipinski definition) is 2. The number of quaternary nitrogens is 1. The SMILES string of the molecule is N=C1C[NH+]([O-])C1.[Cl-]. The van der Waals surface area contributed by atoms with Crippen LogP contribution in [-0.4, -0.2) is 18.8 Å². The van der Waals surface area contributed by atoms with Crippen molar-refractivity contribution in [3.05, 3.63) is 5.21 Å². The van der Waals surface area contributed by atoms with E-state index in [0.717, 1.165) is 0 Å². The Bertz CT molecular complexity index is 77.0. The molecule has 1 saturated heterocycles. The summed E-state index contributed by atoms with van der Waals surface area (Å²) in [6.45, 7) is 0.833. The summed E-state index contributed by atoms with van der Waals surface area (Å²) < 4.78 is 0. The molecule has 1 rings (SSSR count). The van der Waals surface area contributed by atoms with Crippen LogP contribution in [0.2, 0.25) is 0 Å². The lowest BCUT2D eigenvalue weighted by molar-refractivity contribution is -0.852. The molecule has 0 amide bonds. The molecule has 0 aromatic heterocycles. The lowest BCUT2D eigenvalue weighted by Crippen LogP contribution is -3.16. The molecule has 0 saturated carbocycles. The summed E-state index contributed by atoms with van der Waals surface area (Å²) >= 11 is 0. The monoisotopic (exact) mass is 121 g/mol. The quantitative estimate of drug-likeness (QED) is 0.312. The fraction of sp³-hybridized carbons (Fsp3) is 0.667. The fourth-order valence-corrected chi connectivity index (χ4v) is 0.424. The molecular weight excluding hydrogens is 115 g/mol. The molecule has 1 aliphatic heterocycles. The van der Waals surface area contributed by atoms with Crippen molar-refractivity contribution < 1.29 is 17.5 Å². The third-order valence-corrected chi connectivity index (χ3v) is 0.821. The molecule has 0 aromatic carbocycles. The zero-order chi connectivity index (χ0) is 4.57. The second-order valence-corrected chi connectivity index (χ2v) is 1.50. The van der Waals surface area contributed by atoms with Gasteiger partial charge in [0, 0.05) is 0 Å². The molecule has 0 unspecified atom stereocenters. The van der Waals surface area contributed by atoms with Gasteiger partial charge in [0.15, 0.2) is 0 Å². The molecule has 1 fully saturated rings. The Kier molecular flexibility index (Phi) is 2.22. The molecule has 0 aliphatic carbocycles. The third-order valence-electron chi connectivity index (χ3n) is 0.821. The zero-order valence-corrected chi connectivity index (χ0v) is 4.46. The number of rotatable bonds is 0. The largest absolute Gasteiger partial charge is 1.00 e. The van der Waals surface area contributed by atoms with Gasteiger partial charge in [0.1, 0.15) is 18.8 Å². The second-order valence-electron chi connectivity index (χ2n) is 1.50. The lowest BCUT2D eigenvalue weighted by atomic mass is 10.2. The predicted molar refractivity (Wildman–Crippen MR) is 21.8 cm³/mol. The Morgan fingerprint density at radius 1 is 1.57 bits per heavy atom. The molecule has 7 heavy (non-hydrogen) atoms. The van der Waals surface area contributed by atoms with Gasteiger partial charge in [-0.05, 0) is 0 Å². The number of nitrogens with one attached hydrogen (secondary N) is 2. The van der Waals surface area contributed by atoms with Gasteiger partial charge in [-0.1, -0.05) is 0 Å². The summed E-state index contributed by atoms with van der Waals surface area (Å²) in [5.74, 6) is 0. The molecule has 42 valence electrons. The number of hydroxylamine groups is 2. The van der Waals surface area contributed by atoms with Crippen molar-refractivity contribution >= 4 is 5.71 Å². The standard InChI is InChI=1S/C3H6N2O.ClH/c4-3-1-5(6)2-3;/h4-5H,1-2H2;1H/p-1. The highest BCUT2D eigenvalue weighted by atomic mass is 35.5. The van der Waals surface area contributed by atoms with Gasteiger partial charge in [0.25, 0.3) is 0 Å². The van der Waals surface area contributed by atoms with E-state index in [1.807, 2.05) is 0 Å². The summed E-state index contributed by atoms with van der Waals surface area (Å²) in [6.07, 6.45) is 0. The predicted octanol–water partition coefficient (Wildman–Crippen LogP) is -4.59. The fourth-order valence-electron chi connectivity index (χ4n) is 0.424. The molecule has 0 bridgehead atoms. The van der Waals surface area contributed by atoms with E-state index >= 15 is 0 Å². The summed E-state index contributed by atoms with van der Waals surface area (Å²) in [4.78, 5) is 0. The van der Waals surface area contributed by atoms with Crippen molar-refractivity contribution in [1.29, 1.82) is 5.41 Å². The molecule has 0 radical (unpaired) electrons. The van der Waals surface area contributed by atoms with E-state index in [-0.39, 0.29) is 17.5 Å². The van der Waals surface area contributed by atoms with E-state index in [2.05, 4.69) is 0 Å². The van der Waals surface area contributed by atoms with Crippen LogP contribution in [0, 0.1) is 10.6 Å². The van der Waals surface area contributed by atoms with E-state index in [1.54, 1.807) is 0 Å². The lowest BCUT2D eigenvalue weighted by Gasteiger charge is -2.30. The van der Waals surface area contributed by atoms with Crippen molar-refractivity contribution in [2.45, 2.75) is 0 Å². The smallest absolute Gasteiger partial charge is 0.121 e. The second kappa shape index (κ2) is 2.26. The zero-order valence-electron chi connectivity index (χ0n) is 3.70. The molecule has 0 aromatic rings. The number of hydrogen-bond acceptors (Lipinski definition) is 2. The van der Waals surface area contributed by atoms with Crippen LogP contribution < -0.4 is 17.5 Å². The maximum atomic E-state index is 9.97. The Hall–Kier alpha value is -0.120. The van der Waals surface area contributed by atoms with Crippen LogP contribution in [0.15, 0.2) is 0 Å². The summed E-state index contributed by atoms with van der Waals surface area (Å²) in [7, 11) is 0. The van der Waals surface area contributed by atoms with Crippen LogP contribution in [0.5, 0.6) is 0 Å². The average molecular weight is 122 g/mol. The van der Waals surface area contributed by atoms with Crippen LogP contribution in [-0.2, 0) is 0 Å². The summed E-state index contributed by atoms with van der Waals surface area (Å²) in [6, 6.07) is 0.